The third kappa shape index (κ3) is 2.97. The Hall–Kier alpha value is -1.92. The molecule has 0 heterocycles. The minimum absolute atomic E-state index is 0.0722. The van der Waals surface area contributed by atoms with E-state index in [9.17, 15) is 15.2 Å². The van der Waals surface area contributed by atoms with Gasteiger partial charge >= 0.3 is 0 Å². The van der Waals surface area contributed by atoms with E-state index in [1.807, 2.05) is 0 Å². The number of aliphatic hydroxyl groups is 1. The SMILES string of the molecule is C[C@H](O)c1ccccc1Oc1cccc([N+](=O)[O-])c1Br. The Morgan fingerprint density at radius 3 is 2.50 bits per heavy atom. The summed E-state index contributed by atoms with van der Waals surface area (Å²) in [5, 5.41) is 20.6. The maximum absolute atomic E-state index is 10.9. The highest BCUT2D eigenvalue weighted by Gasteiger charge is 2.17. The Morgan fingerprint density at radius 1 is 1.20 bits per heavy atom. The van der Waals surface area contributed by atoms with Crippen molar-refractivity contribution < 1.29 is 14.8 Å². The third-order valence-electron chi connectivity index (χ3n) is 2.73. The molecule has 0 radical (unpaired) electrons. The lowest BCUT2D eigenvalue weighted by Crippen LogP contribution is -1.97. The zero-order valence-corrected chi connectivity index (χ0v) is 12.2. The fourth-order valence-electron chi connectivity index (χ4n) is 1.76. The molecule has 5 nitrogen and oxygen atoms in total. The predicted molar refractivity (Wildman–Crippen MR) is 77.9 cm³/mol. The molecule has 2 aromatic carbocycles. The summed E-state index contributed by atoms with van der Waals surface area (Å²) >= 11 is 3.17. The average molecular weight is 338 g/mol. The van der Waals surface area contributed by atoms with Crippen molar-refractivity contribution in [1.29, 1.82) is 0 Å². The van der Waals surface area contributed by atoms with Crippen molar-refractivity contribution in [3.8, 4) is 11.5 Å². The van der Waals surface area contributed by atoms with E-state index in [2.05, 4.69) is 15.9 Å². The summed E-state index contributed by atoms with van der Waals surface area (Å²) in [6.45, 7) is 1.63. The molecule has 0 unspecified atom stereocenters. The van der Waals surface area contributed by atoms with Crippen LogP contribution in [-0.2, 0) is 0 Å². The minimum atomic E-state index is -0.691. The monoisotopic (exact) mass is 337 g/mol. The van der Waals surface area contributed by atoms with Crippen molar-refractivity contribution in [2.24, 2.45) is 0 Å². The summed E-state index contributed by atoms with van der Waals surface area (Å²) in [5.41, 5.74) is 0.544. The molecule has 0 fully saturated rings. The lowest BCUT2D eigenvalue weighted by Gasteiger charge is -2.13. The average Bonchev–Trinajstić information content (AvgIpc) is 2.41. The number of aliphatic hydroxyl groups excluding tert-OH is 1. The molecule has 20 heavy (non-hydrogen) atoms. The van der Waals surface area contributed by atoms with Crippen LogP contribution in [0.2, 0.25) is 0 Å². The molecule has 0 aliphatic rings. The van der Waals surface area contributed by atoms with Gasteiger partial charge in [0.05, 0.1) is 11.0 Å². The standard InChI is InChI=1S/C14H12BrNO4/c1-9(17)10-5-2-3-7-12(10)20-13-8-4-6-11(14(13)15)16(18)19/h2-9,17H,1H3/t9-/m0/s1. The molecule has 1 atom stereocenters. The van der Waals surface area contributed by atoms with Gasteiger partial charge in [0, 0.05) is 11.6 Å². The first-order valence-electron chi connectivity index (χ1n) is 5.88. The lowest BCUT2D eigenvalue weighted by atomic mass is 10.1. The van der Waals surface area contributed by atoms with Crippen LogP contribution in [0.5, 0.6) is 11.5 Å². The fourth-order valence-corrected chi connectivity index (χ4v) is 2.25. The molecule has 104 valence electrons. The van der Waals surface area contributed by atoms with Crippen molar-refractivity contribution in [2.75, 3.05) is 0 Å². The van der Waals surface area contributed by atoms with Gasteiger partial charge in [0.2, 0.25) is 0 Å². The number of para-hydroxylation sites is 1. The molecule has 0 aliphatic heterocycles. The van der Waals surface area contributed by atoms with E-state index >= 15 is 0 Å². The van der Waals surface area contributed by atoms with Crippen molar-refractivity contribution >= 4 is 21.6 Å². The van der Waals surface area contributed by atoms with Gasteiger partial charge in [-0.25, -0.2) is 0 Å². The van der Waals surface area contributed by atoms with E-state index in [1.165, 1.54) is 6.07 Å². The molecular formula is C14H12BrNO4. The van der Waals surface area contributed by atoms with E-state index < -0.39 is 11.0 Å². The van der Waals surface area contributed by atoms with Gasteiger partial charge in [-0.15, -0.1) is 0 Å². The maximum Gasteiger partial charge on any atom is 0.287 e. The number of nitrogens with zero attached hydrogens (tertiary/aromatic N) is 1. The Kier molecular flexibility index (Phi) is 4.36. The zero-order chi connectivity index (χ0) is 14.7. The van der Waals surface area contributed by atoms with E-state index in [4.69, 9.17) is 4.74 Å². The first kappa shape index (κ1) is 14.5. The number of benzene rings is 2. The summed E-state index contributed by atoms with van der Waals surface area (Å²) in [4.78, 5) is 10.4. The van der Waals surface area contributed by atoms with Gasteiger partial charge in [-0.05, 0) is 35.0 Å². The summed E-state index contributed by atoms with van der Waals surface area (Å²) in [6, 6.07) is 11.6. The highest BCUT2D eigenvalue weighted by atomic mass is 79.9. The molecule has 0 saturated carbocycles. The second-order valence-corrected chi connectivity index (χ2v) is 4.96. The predicted octanol–water partition coefficient (Wildman–Crippen LogP) is 4.20. The van der Waals surface area contributed by atoms with Gasteiger partial charge in [-0.1, -0.05) is 24.3 Å². The van der Waals surface area contributed by atoms with Gasteiger partial charge in [0.1, 0.15) is 16.0 Å². The largest absolute Gasteiger partial charge is 0.456 e. The van der Waals surface area contributed by atoms with Gasteiger partial charge in [0.15, 0.2) is 0 Å². The Balaban J connectivity index is 2.41. The summed E-state index contributed by atoms with van der Waals surface area (Å²) in [6.07, 6.45) is -0.691. The molecule has 0 aliphatic carbocycles. The van der Waals surface area contributed by atoms with Crippen molar-refractivity contribution in [3.63, 3.8) is 0 Å². The Morgan fingerprint density at radius 2 is 1.85 bits per heavy atom. The first-order chi connectivity index (χ1) is 9.50. The molecule has 0 aromatic heterocycles. The molecule has 2 aromatic rings. The van der Waals surface area contributed by atoms with Crippen LogP contribution < -0.4 is 4.74 Å². The quantitative estimate of drug-likeness (QED) is 0.670. The van der Waals surface area contributed by atoms with Crippen LogP contribution in [0.15, 0.2) is 46.9 Å². The number of halogens is 1. The number of hydrogen-bond donors (Lipinski definition) is 1. The van der Waals surface area contributed by atoms with E-state index in [0.29, 0.717) is 17.1 Å². The highest BCUT2D eigenvalue weighted by molar-refractivity contribution is 9.10. The second kappa shape index (κ2) is 6.02. The summed E-state index contributed by atoms with van der Waals surface area (Å²) in [7, 11) is 0. The van der Waals surface area contributed by atoms with Crippen LogP contribution in [0.25, 0.3) is 0 Å². The number of nitro benzene ring substituents is 1. The van der Waals surface area contributed by atoms with Crippen LogP contribution in [0.3, 0.4) is 0 Å². The molecule has 0 spiro atoms. The van der Waals surface area contributed by atoms with Crippen LogP contribution in [-0.4, -0.2) is 10.0 Å². The third-order valence-corrected chi connectivity index (χ3v) is 3.53. The Bertz CT molecular complexity index is 643. The molecule has 0 bridgehead atoms. The number of ether oxygens (including phenoxy) is 1. The van der Waals surface area contributed by atoms with Gasteiger partial charge in [-0.3, -0.25) is 10.1 Å². The molecule has 1 N–H and O–H groups in total. The number of nitro groups is 1. The van der Waals surface area contributed by atoms with Gasteiger partial charge in [0.25, 0.3) is 5.69 Å². The summed E-state index contributed by atoms with van der Waals surface area (Å²) in [5.74, 6) is 0.788. The van der Waals surface area contributed by atoms with E-state index in [-0.39, 0.29) is 10.2 Å². The fraction of sp³-hybridized carbons (Fsp3) is 0.143. The molecule has 0 saturated heterocycles. The van der Waals surface area contributed by atoms with Crippen molar-refractivity contribution in [1.82, 2.24) is 0 Å². The van der Waals surface area contributed by atoms with Crippen molar-refractivity contribution in [3.05, 3.63) is 62.6 Å². The highest BCUT2D eigenvalue weighted by Crippen LogP contribution is 2.38. The lowest BCUT2D eigenvalue weighted by molar-refractivity contribution is -0.385. The number of rotatable bonds is 4. The normalized spacial score (nSPS) is 11.9. The molecule has 2 rings (SSSR count). The van der Waals surface area contributed by atoms with E-state index in [0.717, 1.165) is 0 Å². The van der Waals surface area contributed by atoms with Crippen LogP contribution in [0.4, 0.5) is 5.69 Å². The van der Waals surface area contributed by atoms with Crippen LogP contribution >= 0.6 is 15.9 Å². The van der Waals surface area contributed by atoms with Crippen molar-refractivity contribution in [2.45, 2.75) is 13.0 Å². The van der Waals surface area contributed by atoms with Crippen LogP contribution in [0.1, 0.15) is 18.6 Å². The molecular weight excluding hydrogens is 326 g/mol. The topological polar surface area (TPSA) is 72.6 Å². The first-order valence-corrected chi connectivity index (χ1v) is 6.67. The summed E-state index contributed by atoms with van der Waals surface area (Å²) < 4.78 is 5.95. The van der Waals surface area contributed by atoms with Gasteiger partial charge < -0.3 is 9.84 Å². The minimum Gasteiger partial charge on any atom is -0.456 e. The van der Waals surface area contributed by atoms with Gasteiger partial charge in [-0.2, -0.15) is 0 Å². The number of hydrogen-bond acceptors (Lipinski definition) is 4. The second-order valence-electron chi connectivity index (χ2n) is 4.16. The molecule has 6 heteroatoms. The van der Waals surface area contributed by atoms with E-state index in [1.54, 1.807) is 43.3 Å². The Labute approximate surface area is 124 Å². The smallest absolute Gasteiger partial charge is 0.287 e. The van der Waals surface area contributed by atoms with Crippen LogP contribution in [0, 0.1) is 10.1 Å². The zero-order valence-electron chi connectivity index (χ0n) is 10.6. The maximum atomic E-state index is 10.9. The molecule has 0 amide bonds.